The van der Waals surface area contributed by atoms with E-state index in [0.717, 1.165) is 0 Å². The van der Waals surface area contributed by atoms with Crippen LogP contribution in [-0.4, -0.2) is 28.9 Å². The fourth-order valence-electron chi connectivity index (χ4n) is 1.41. The van der Waals surface area contributed by atoms with E-state index in [-0.39, 0.29) is 5.54 Å². The number of carboxylic acids is 1. The predicted molar refractivity (Wildman–Crippen MR) is 45.9 cm³/mol. The first-order valence-electron chi connectivity index (χ1n) is 4.11. The van der Waals surface area contributed by atoms with Gasteiger partial charge in [0.2, 0.25) is 0 Å². The molecule has 1 aromatic heterocycles. The first kappa shape index (κ1) is 8.31. The Morgan fingerprint density at radius 1 is 1.69 bits per heavy atom. The van der Waals surface area contributed by atoms with Crippen LogP contribution >= 0.6 is 0 Å². The summed E-state index contributed by atoms with van der Waals surface area (Å²) < 4.78 is 7.00. The van der Waals surface area contributed by atoms with Gasteiger partial charge in [-0.2, -0.15) is 0 Å². The lowest BCUT2D eigenvalue weighted by atomic mass is 10.0. The SMILES string of the molecule is CC1(n2ccc(C(=O)O)c2)COC1. The van der Waals surface area contributed by atoms with Crippen LogP contribution in [0.2, 0.25) is 0 Å². The van der Waals surface area contributed by atoms with Crippen LogP contribution in [-0.2, 0) is 10.3 Å². The molecule has 70 valence electrons. The van der Waals surface area contributed by atoms with Gasteiger partial charge in [-0.3, -0.25) is 0 Å². The molecule has 0 saturated carbocycles. The number of carbonyl (C=O) groups is 1. The van der Waals surface area contributed by atoms with Crippen LogP contribution in [0.25, 0.3) is 0 Å². The fourth-order valence-corrected chi connectivity index (χ4v) is 1.41. The molecule has 13 heavy (non-hydrogen) atoms. The maximum absolute atomic E-state index is 10.6. The van der Waals surface area contributed by atoms with Gasteiger partial charge in [0.25, 0.3) is 0 Å². The van der Waals surface area contributed by atoms with E-state index in [4.69, 9.17) is 9.84 Å². The lowest BCUT2D eigenvalue weighted by Gasteiger charge is -2.39. The molecule has 1 saturated heterocycles. The third kappa shape index (κ3) is 1.23. The molecule has 1 aliphatic heterocycles. The molecule has 1 aliphatic rings. The second-order valence-corrected chi connectivity index (χ2v) is 3.60. The molecule has 1 N–H and O–H groups in total. The Kier molecular flexibility index (Phi) is 1.66. The Labute approximate surface area is 75.7 Å². The lowest BCUT2D eigenvalue weighted by Crippen LogP contribution is -2.48. The van der Waals surface area contributed by atoms with Gasteiger partial charge < -0.3 is 14.4 Å². The first-order chi connectivity index (χ1) is 6.12. The van der Waals surface area contributed by atoms with Crippen molar-refractivity contribution >= 4 is 5.97 Å². The van der Waals surface area contributed by atoms with Gasteiger partial charge >= 0.3 is 5.97 Å². The summed E-state index contributed by atoms with van der Waals surface area (Å²) >= 11 is 0. The Morgan fingerprint density at radius 3 is 2.77 bits per heavy atom. The number of aromatic carboxylic acids is 1. The molecule has 1 fully saturated rings. The summed E-state index contributed by atoms with van der Waals surface area (Å²) in [5.74, 6) is -0.886. The molecular formula is C9H11NO3. The molecule has 4 nitrogen and oxygen atoms in total. The van der Waals surface area contributed by atoms with Gasteiger partial charge in [0.1, 0.15) is 0 Å². The summed E-state index contributed by atoms with van der Waals surface area (Å²) in [5.41, 5.74) is 0.279. The fraction of sp³-hybridized carbons (Fsp3) is 0.444. The monoisotopic (exact) mass is 181 g/mol. The quantitative estimate of drug-likeness (QED) is 0.738. The molecule has 0 aliphatic carbocycles. The maximum Gasteiger partial charge on any atom is 0.337 e. The predicted octanol–water partition coefficient (Wildman–Crippen LogP) is 0.932. The van der Waals surface area contributed by atoms with Gasteiger partial charge in [0.15, 0.2) is 0 Å². The average molecular weight is 181 g/mol. The number of hydrogen-bond acceptors (Lipinski definition) is 2. The highest BCUT2D eigenvalue weighted by Crippen LogP contribution is 2.25. The van der Waals surface area contributed by atoms with Crippen molar-refractivity contribution in [1.82, 2.24) is 4.57 Å². The molecule has 0 amide bonds. The van der Waals surface area contributed by atoms with Crippen molar-refractivity contribution < 1.29 is 14.6 Å². The van der Waals surface area contributed by atoms with Crippen molar-refractivity contribution in [2.75, 3.05) is 13.2 Å². The molecule has 0 radical (unpaired) electrons. The van der Waals surface area contributed by atoms with Crippen molar-refractivity contribution in [2.45, 2.75) is 12.5 Å². The Balaban J connectivity index is 2.27. The van der Waals surface area contributed by atoms with Gasteiger partial charge in [0.05, 0.1) is 24.3 Å². The van der Waals surface area contributed by atoms with E-state index in [1.54, 1.807) is 18.5 Å². The number of rotatable bonds is 2. The van der Waals surface area contributed by atoms with Crippen LogP contribution in [0.5, 0.6) is 0 Å². The van der Waals surface area contributed by atoms with Gasteiger partial charge in [-0.15, -0.1) is 0 Å². The van der Waals surface area contributed by atoms with Gasteiger partial charge in [0, 0.05) is 12.4 Å². The van der Waals surface area contributed by atoms with E-state index in [2.05, 4.69) is 0 Å². The summed E-state index contributed by atoms with van der Waals surface area (Å²) in [6.07, 6.45) is 3.43. The normalized spacial score (nSPS) is 19.5. The molecule has 0 bridgehead atoms. The van der Waals surface area contributed by atoms with E-state index in [1.807, 2.05) is 11.5 Å². The van der Waals surface area contributed by atoms with E-state index in [1.165, 1.54) is 0 Å². The Hall–Kier alpha value is -1.29. The third-order valence-electron chi connectivity index (χ3n) is 2.39. The van der Waals surface area contributed by atoms with E-state index in [0.29, 0.717) is 18.8 Å². The third-order valence-corrected chi connectivity index (χ3v) is 2.39. The van der Waals surface area contributed by atoms with Crippen LogP contribution in [0.1, 0.15) is 17.3 Å². The second kappa shape index (κ2) is 2.60. The smallest absolute Gasteiger partial charge is 0.337 e. The summed E-state index contributed by atoms with van der Waals surface area (Å²) in [6.45, 7) is 3.35. The highest BCUT2D eigenvalue weighted by molar-refractivity contribution is 5.87. The van der Waals surface area contributed by atoms with Crippen molar-refractivity contribution in [3.8, 4) is 0 Å². The zero-order chi connectivity index (χ0) is 9.47. The molecule has 0 aromatic carbocycles. The van der Waals surface area contributed by atoms with Crippen LogP contribution < -0.4 is 0 Å². The molecule has 2 heterocycles. The molecule has 1 aromatic rings. The highest BCUT2D eigenvalue weighted by atomic mass is 16.5. The zero-order valence-electron chi connectivity index (χ0n) is 7.36. The molecule has 0 spiro atoms. The topological polar surface area (TPSA) is 51.5 Å². The van der Waals surface area contributed by atoms with E-state index >= 15 is 0 Å². The first-order valence-corrected chi connectivity index (χ1v) is 4.11. The molecule has 0 unspecified atom stereocenters. The van der Waals surface area contributed by atoms with Crippen molar-refractivity contribution in [3.05, 3.63) is 24.0 Å². The minimum absolute atomic E-state index is 0.0479. The maximum atomic E-state index is 10.6. The van der Waals surface area contributed by atoms with Gasteiger partial charge in [-0.1, -0.05) is 0 Å². The van der Waals surface area contributed by atoms with Crippen LogP contribution in [0.4, 0.5) is 0 Å². The minimum atomic E-state index is -0.886. The summed E-state index contributed by atoms with van der Waals surface area (Å²) in [6, 6.07) is 1.60. The number of ether oxygens (including phenoxy) is 1. The van der Waals surface area contributed by atoms with Crippen molar-refractivity contribution in [2.24, 2.45) is 0 Å². The van der Waals surface area contributed by atoms with E-state index in [9.17, 15) is 4.79 Å². The Bertz CT molecular complexity index is 338. The number of hydrogen-bond donors (Lipinski definition) is 1. The lowest BCUT2D eigenvalue weighted by molar-refractivity contribution is -0.0895. The summed E-state index contributed by atoms with van der Waals surface area (Å²) in [7, 11) is 0. The summed E-state index contributed by atoms with van der Waals surface area (Å²) in [5, 5.41) is 8.71. The van der Waals surface area contributed by atoms with Gasteiger partial charge in [-0.25, -0.2) is 4.79 Å². The van der Waals surface area contributed by atoms with E-state index < -0.39 is 5.97 Å². The van der Waals surface area contributed by atoms with Crippen molar-refractivity contribution in [1.29, 1.82) is 0 Å². The van der Waals surface area contributed by atoms with Crippen LogP contribution in [0.15, 0.2) is 18.5 Å². The Morgan fingerprint density at radius 2 is 2.38 bits per heavy atom. The minimum Gasteiger partial charge on any atom is -0.478 e. The highest BCUT2D eigenvalue weighted by Gasteiger charge is 2.34. The molecular weight excluding hydrogens is 170 g/mol. The number of carboxylic acid groups (broad SMARTS) is 1. The zero-order valence-corrected chi connectivity index (χ0v) is 7.36. The molecule has 2 rings (SSSR count). The van der Waals surface area contributed by atoms with Crippen LogP contribution in [0.3, 0.4) is 0 Å². The number of nitrogens with zero attached hydrogens (tertiary/aromatic N) is 1. The molecule has 4 heteroatoms. The van der Waals surface area contributed by atoms with Crippen LogP contribution in [0, 0.1) is 0 Å². The second-order valence-electron chi connectivity index (χ2n) is 3.60. The standard InChI is InChI=1S/C9H11NO3/c1-9(5-13-6-9)10-3-2-7(4-10)8(11)12/h2-4H,5-6H2,1H3,(H,11,12). The van der Waals surface area contributed by atoms with Crippen molar-refractivity contribution in [3.63, 3.8) is 0 Å². The average Bonchev–Trinajstić information content (AvgIpc) is 2.48. The van der Waals surface area contributed by atoms with Gasteiger partial charge in [-0.05, 0) is 13.0 Å². The summed E-state index contributed by atoms with van der Waals surface area (Å²) in [4.78, 5) is 10.6. The largest absolute Gasteiger partial charge is 0.478 e. The number of aromatic nitrogens is 1. The molecule has 0 atom stereocenters.